The first kappa shape index (κ1) is 12.3. The highest BCUT2D eigenvalue weighted by Gasteiger charge is 2.39. The number of aromatic nitrogens is 3. The number of benzene rings is 1. The van der Waals surface area contributed by atoms with E-state index in [1.807, 2.05) is 12.1 Å². The van der Waals surface area contributed by atoms with Crippen LogP contribution in [-0.4, -0.2) is 15.3 Å². The van der Waals surface area contributed by atoms with Crippen LogP contribution >= 0.6 is 0 Å². The fourth-order valence-corrected chi connectivity index (χ4v) is 2.81. The van der Waals surface area contributed by atoms with Crippen LogP contribution in [0.15, 0.2) is 45.6 Å². The zero-order chi connectivity index (χ0) is 14.3. The lowest BCUT2D eigenvalue weighted by atomic mass is 9.97. The highest BCUT2D eigenvalue weighted by Crippen LogP contribution is 2.34. The van der Waals surface area contributed by atoms with Gasteiger partial charge in [-0.2, -0.15) is 4.98 Å². The Morgan fingerprint density at radius 1 is 1.10 bits per heavy atom. The molecule has 0 atom stereocenters. The van der Waals surface area contributed by atoms with Gasteiger partial charge in [0.1, 0.15) is 11.3 Å². The number of nitrogens with two attached hydrogens (primary N) is 1. The van der Waals surface area contributed by atoms with Gasteiger partial charge in [-0.15, -0.1) is 0 Å². The Morgan fingerprint density at radius 2 is 1.86 bits per heavy atom. The lowest BCUT2D eigenvalue weighted by Gasteiger charge is -2.17. The van der Waals surface area contributed by atoms with E-state index in [9.17, 15) is 0 Å². The Bertz CT molecular complexity index is 739. The molecule has 21 heavy (non-hydrogen) atoms. The molecule has 4 rings (SSSR count). The quantitative estimate of drug-likeness (QED) is 0.784. The van der Waals surface area contributed by atoms with Gasteiger partial charge in [0.15, 0.2) is 5.82 Å². The second kappa shape index (κ2) is 4.53. The maximum Gasteiger partial charge on any atom is 0.247 e. The van der Waals surface area contributed by atoms with Gasteiger partial charge in [0.25, 0.3) is 0 Å². The molecule has 0 amide bonds. The number of nitrogens with zero attached hydrogens (tertiary/aromatic N) is 3. The second-order valence-electron chi connectivity index (χ2n) is 5.45. The number of rotatable bonds is 3. The van der Waals surface area contributed by atoms with Gasteiger partial charge < -0.3 is 14.8 Å². The highest BCUT2D eigenvalue weighted by atomic mass is 16.5. The van der Waals surface area contributed by atoms with Gasteiger partial charge >= 0.3 is 0 Å². The summed E-state index contributed by atoms with van der Waals surface area (Å²) in [6, 6.07) is 10.0. The van der Waals surface area contributed by atoms with Gasteiger partial charge in [0.2, 0.25) is 5.89 Å². The molecule has 2 aromatic heterocycles. The molecular weight excluding hydrogens is 268 g/mol. The molecule has 6 nitrogen and oxygen atoms in total. The van der Waals surface area contributed by atoms with E-state index in [2.05, 4.69) is 27.4 Å². The van der Waals surface area contributed by atoms with E-state index in [1.165, 1.54) is 11.1 Å². The summed E-state index contributed by atoms with van der Waals surface area (Å²) in [5.74, 6) is 1.74. The zero-order valence-electron chi connectivity index (χ0n) is 11.3. The Morgan fingerprint density at radius 3 is 2.52 bits per heavy atom. The lowest BCUT2D eigenvalue weighted by molar-refractivity contribution is 0.287. The largest absolute Gasteiger partial charge is 0.361 e. The first-order valence-corrected chi connectivity index (χ1v) is 6.81. The fraction of sp³-hybridized carbons (Fsp3) is 0.267. The van der Waals surface area contributed by atoms with Crippen molar-refractivity contribution in [2.24, 2.45) is 5.73 Å². The fourth-order valence-electron chi connectivity index (χ4n) is 2.81. The molecule has 0 unspecified atom stereocenters. The summed E-state index contributed by atoms with van der Waals surface area (Å²) in [6.07, 6.45) is 3.47. The van der Waals surface area contributed by atoms with Crippen molar-refractivity contribution in [3.63, 3.8) is 0 Å². The molecule has 2 heterocycles. The molecular formula is C15H14N4O2. The molecule has 3 aromatic rings. The highest BCUT2D eigenvalue weighted by molar-refractivity contribution is 5.37. The van der Waals surface area contributed by atoms with Gasteiger partial charge in [-0.25, -0.2) is 0 Å². The topological polar surface area (TPSA) is 91.0 Å². The summed E-state index contributed by atoms with van der Waals surface area (Å²) in [5, 5.41) is 7.65. The minimum Gasteiger partial charge on any atom is -0.361 e. The predicted molar refractivity (Wildman–Crippen MR) is 73.3 cm³/mol. The summed E-state index contributed by atoms with van der Waals surface area (Å²) in [4.78, 5) is 4.43. The Labute approximate surface area is 120 Å². The molecule has 1 aromatic carbocycles. The molecule has 6 heteroatoms. The van der Waals surface area contributed by atoms with Crippen molar-refractivity contribution in [1.29, 1.82) is 0 Å². The normalized spacial score (nSPS) is 16.0. The molecule has 0 spiro atoms. The van der Waals surface area contributed by atoms with Crippen LogP contribution < -0.4 is 5.73 Å². The number of hydrogen-bond acceptors (Lipinski definition) is 6. The number of fused-ring (bicyclic) bond motifs is 1. The van der Waals surface area contributed by atoms with Crippen molar-refractivity contribution in [3.8, 4) is 0 Å². The Kier molecular flexibility index (Phi) is 2.65. The lowest BCUT2D eigenvalue weighted by Crippen LogP contribution is -2.37. The van der Waals surface area contributed by atoms with Crippen LogP contribution in [0.2, 0.25) is 0 Å². The van der Waals surface area contributed by atoms with Crippen LogP contribution in [0.4, 0.5) is 0 Å². The summed E-state index contributed by atoms with van der Waals surface area (Å²) in [6.45, 7) is 0. The minimum atomic E-state index is -0.615. The predicted octanol–water partition coefficient (Wildman–Crippen LogP) is 1.60. The standard InChI is InChI=1S/C15H14N4O2/c16-15(8-10-3-1-2-4-11(10)9-15)14-18-13(19-21-14)7-12-5-6-17-20-12/h1-6H,7-9,16H2. The molecule has 106 valence electrons. The van der Waals surface area contributed by atoms with Crippen molar-refractivity contribution in [2.45, 2.75) is 24.8 Å². The summed E-state index contributed by atoms with van der Waals surface area (Å²) >= 11 is 0. The Balaban J connectivity index is 1.59. The SMILES string of the molecule is NC1(c2nc(Cc3ccno3)no2)Cc2ccccc2C1. The van der Waals surface area contributed by atoms with E-state index < -0.39 is 5.54 Å². The van der Waals surface area contributed by atoms with Gasteiger partial charge in [0, 0.05) is 6.07 Å². The third-order valence-electron chi connectivity index (χ3n) is 3.85. The molecule has 0 fully saturated rings. The first-order valence-electron chi connectivity index (χ1n) is 6.81. The average Bonchev–Trinajstić information content (AvgIpc) is 3.18. The third-order valence-corrected chi connectivity index (χ3v) is 3.85. The van der Waals surface area contributed by atoms with E-state index in [0.29, 0.717) is 36.7 Å². The molecule has 0 saturated heterocycles. The van der Waals surface area contributed by atoms with Crippen molar-refractivity contribution in [2.75, 3.05) is 0 Å². The van der Waals surface area contributed by atoms with Gasteiger partial charge in [-0.05, 0) is 24.0 Å². The maximum absolute atomic E-state index is 6.49. The van der Waals surface area contributed by atoms with E-state index >= 15 is 0 Å². The Hall–Kier alpha value is -2.47. The zero-order valence-corrected chi connectivity index (χ0v) is 11.3. The molecule has 0 bridgehead atoms. The van der Waals surface area contributed by atoms with Crippen molar-refractivity contribution >= 4 is 0 Å². The average molecular weight is 282 g/mol. The second-order valence-corrected chi connectivity index (χ2v) is 5.45. The van der Waals surface area contributed by atoms with Crippen LogP contribution in [0.3, 0.4) is 0 Å². The van der Waals surface area contributed by atoms with E-state index in [1.54, 1.807) is 12.3 Å². The van der Waals surface area contributed by atoms with Crippen LogP contribution in [0.5, 0.6) is 0 Å². The van der Waals surface area contributed by atoms with Crippen LogP contribution in [-0.2, 0) is 24.8 Å². The smallest absolute Gasteiger partial charge is 0.247 e. The van der Waals surface area contributed by atoms with E-state index in [4.69, 9.17) is 14.8 Å². The monoisotopic (exact) mass is 282 g/mol. The molecule has 1 aliphatic rings. The molecule has 1 aliphatic carbocycles. The number of hydrogen-bond donors (Lipinski definition) is 1. The summed E-state index contributed by atoms with van der Waals surface area (Å²) in [7, 11) is 0. The van der Waals surface area contributed by atoms with E-state index in [-0.39, 0.29) is 0 Å². The third kappa shape index (κ3) is 2.13. The first-order chi connectivity index (χ1) is 10.2. The van der Waals surface area contributed by atoms with Gasteiger partial charge in [-0.3, -0.25) is 0 Å². The molecule has 2 N–H and O–H groups in total. The van der Waals surface area contributed by atoms with E-state index in [0.717, 1.165) is 0 Å². The van der Waals surface area contributed by atoms with Crippen LogP contribution in [0, 0.1) is 0 Å². The summed E-state index contributed by atoms with van der Waals surface area (Å²) < 4.78 is 10.4. The van der Waals surface area contributed by atoms with Crippen molar-refractivity contribution in [1.82, 2.24) is 15.3 Å². The molecule has 0 saturated carbocycles. The van der Waals surface area contributed by atoms with Crippen LogP contribution in [0.25, 0.3) is 0 Å². The molecule has 0 radical (unpaired) electrons. The molecule has 0 aliphatic heterocycles. The van der Waals surface area contributed by atoms with Crippen molar-refractivity contribution < 1.29 is 9.05 Å². The van der Waals surface area contributed by atoms with Gasteiger partial charge in [-0.1, -0.05) is 34.6 Å². The summed E-state index contributed by atoms with van der Waals surface area (Å²) in [5.41, 5.74) is 8.36. The minimum absolute atomic E-state index is 0.451. The van der Waals surface area contributed by atoms with Gasteiger partial charge in [0.05, 0.1) is 12.6 Å². The van der Waals surface area contributed by atoms with Crippen molar-refractivity contribution in [3.05, 3.63) is 65.1 Å². The van der Waals surface area contributed by atoms with Crippen LogP contribution in [0.1, 0.15) is 28.6 Å². The maximum atomic E-state index is 6.49.